The molecular weight excluding hydrogens is 132 g/mol. The van der Waals surface area contributed by atoms with Crippen molar-refractivity contribution in [2.45, 2.75) is 4.90 Å². The fourth-order valence-electron chi connectivity index (χ4n) is 0.628. The Morgan fingerprint density at radius 2 is 2.12 bits per heavy atom. The zero-order valence-corrected chi connectivity index (χ0v) is 7.65. The predicted molar refractivity (Wildman–Crippen MR) is 43.3 cm³/mol. The summed E-state index contributed by atoms with van der Waals surface area (Å²) in [5, 5.41) is 1.40. The van der Waals surface area contributed by atoms with Crippen LogP contribution in [0, 0.1) is 0 Å². The Bertz CT molecular complexity index is 168. The van der Waals surface area contributed by atoms with Crippen molar-refractivity contribution in [2.75, 3.05) is 0 Å². The number of rotatable bonds is 0. The molecule has 0 atom stereocenters. The van der Waals surface area contributed by atoms with Crippen LogP contribution in [0.5, 0.6) is 0 Å². The van der Waals surface area contributed by atoms with Gasteiger partial charge in [0.05, 0.1) is 0 Å². The fourth-order valence-corrected chi connectivity index (χ4v) is 1.66. The lowest BCUT2D eigenvalue weighted by molar-refractivity contribution is 1.51. The molecule has 0 amide bonds. The number of benzene rings is 1. The van der Waals surface area contributed by atoms with Crippen molar-refractivity contribution in [3.8, 4) is 0 Å². The minimum atomic E-state index is 1.07. The molecule has 0 unspecified atom stereocenters. The second kappa shape index (κ2) is 2.37. The average molecular weight is 140 g/mol. The molecule has 2 heteroatoms. The molecule has 1 aromatic carbocycles. The summed E-state index contributed by atoms with van der Waals surface area (Å²) in [6.07, 6.45) is 0. The largest absolute Gasteiger partial charge is 0.143 e. The van der Waals surface area contributed by atoms with Crippen molar-refractivity contribution in [1.82, 2.24) is 0 Å². The van der Waals surface area contributed by atoms with Crippen molar-refractivity contribution in [2.24, 2.45) is 0 Å². The molecule has 0 aliphatic rings. The molecule has 42 valence electrons. The minimum absolute atomic E-state index is 1.07. The van der Waals surface area contributed by atoms with Crippen molar-refractivity contribution in [3.63, 3.8) is 0 Å². The minimum Gasteiger partial charge on any atom is -0.143 e. The molecule has 0 nitrogen and oxygen atoms in total. The summed E-state index contributed by atoms with van der Waals surface area (Å²) >= 11 is 4.18. The SMILES string of the molecule is [SiH3]c1cccc(S)c1. The van der Waals surface area contributed by atoms with Gasteiger partial charge in [-0.05, 0) is 6.07 Å². The van der Waals surface area contributed by atoms with Crippen LogP contribution in [0.1, 0.15) is 0 Å². The van der Waals surface area contributed by atoms with Gasteiger partial charge in [-0.1, -0.05) is 23.4 Å². The monoisotopic (exact) mass is 140 g/mol. The van der Waals surface area contributed by atoms with Gasteiger partial charge in [0.15, 0.2) is 0 Å². The zero-order valence-electron chi connectivity index (χ0n) is 4.76. The molecule has 8 heavy (non-hydrogen) atoms. The first-order valence-electron chi connectivity index (χ1n) is 2.54. The highest BCUT2D eigenvalue weighted by atomic mass is 32.1. The maximum absolute atomic E-state index is 4.18. The molecule has 0 bridgehead atoms. The quantitative estimate of drug-likeness (QED) is 0.379. The van der Waals surface area contributed by atoms with Gasteiger partial charge in [-0.15, -0.1) is 12.6 Å². The smallest absolute Gasteiger partial charge is 0.0385 e. The highest BCUT2D eigenvalue weighted by Crippen LogP contribution is 1.99. The van der Waals surface area contributed by atoms with Crippen LogP contribution in [0.4, 0.5) is 0 Å². The van der Waals surface area contributed by atoms with Gasteiger partial charge in [0.2, 0.25) is 0 Å². The maximum atomic E-state index is 4.18. The van der Waals surface area contributed by atoms with E-state index in [-0.39, 0.29) is 0 Å². The Morgan fingerprint density at radius 1 is 1.38 bits per heavy atom. The topological polar surface area (TPSA) is 0 Å². The zero-order chi connectivity index (χ0) is 5.98. The molecule has 0 aromatic heterocycles. The highest BCUT2D eigenvalue weighted by molar-refractivity contribution is 7.80. The van der Waals surface area contributed by atoms with Gasteiger partial charge in [0, 0.05) is 15.1 Å². The summed E-state index contributed by atoms with van der Waals surface area (Å²) in [4.78, 5) is 1.07. The molecule has 0 saturated heterocycles. The molecule has 0 spiro atoms. The first kappa shape index (κ1) is 5.92. The Kier molecular flexibility index (Phi) is 1.75. The Balaban J connectivity index is 3.08. The molecule has 0 fully saturated rings. The van der Waals surface area contributed by atoms with Crippen molar-refractivity contribution < 1.29 is 0 Å². The second-order valence-electron chi connectivity index (χ2n) is 1.84. The van der Waals surface area contributed by atoms with Crippen LogP contribution in [0.25, 0.3) is 0 Å². The van der Waals surface area contributed by atoms with E-state index in [1.807, 2.05) is 12.1 Å². The Hall–Kier alpha value is -0.213. The maximum Gasteiger partial charge on any atom is 0.0385 e. The van der Waals surface area contributed by atoms with E-state index < -0.39 is 0 Å². The van der Waals surface area contributed by atoms with E-state index in [0.717, 1.165) is 15.1 Å². The van der Waals surface area contributed by atoms with Crippen LogP contribution >= 0.6 is 12.6 Å². The summed E-state index contributed by atoms with van der Waals surface area (Å²) in [5.74, 6) is 0. The predicted octanol–water partition coefficient (Wildman–Crippen LogP) is -0.0340. The standard InChI is InChI=1S/C6H8SSi/c7-5-2-1-3-6(8)4-5/h1-4,7H,8H3. The van der Waals surface area contributed by atoms with E-state index in [9.17, 15) is 0 Å². The Morgan fingerprint density at radius 3 is 2.50 bits per heavy atom. The van der Waals surface area contributed by atoms with Gasteiger partial charge in [0.1, 0.15) is 0 Å². The molecule has 0 aliphatic carbocycles. The Labute approximate surface area is 57.8 Å². The third-order valence-electron chi connectivity index (χ3n) is 1.00. The van der Waals surface area contributed by atoms with Crippen molar-refractivity contribution in [1.29, 1.82) is 0 Å². The number of hydrogen-bond acceptors (Lipinski definition) is 1. The summed E-state index contributed by atoms with van der Waals surface area (Å²) in [7, 11) is 1.12. The van der Waals surface area contributed by atoms with Crippen LogP contribution in [0.15, 0.2) is 29.2 Å². The molecular formula is C6H8SSi. The van der Waals surface area contributed by atoms with Crippen LogP contribution in [0.3, 0.4) is 0 Å². The summed E-state index contributed by atoms with van der Waals surface area (Å²) in [5.41, 5.74) is 0. The second-order valence-corrected chi connectivity index (χ2v) is 3.51. The molecule has 0 radical (unpaired) electrons. The van der Waals surface area contributed by atoms with Gasteiger partial charge >= 0.3 is 0 Å². The van der Waals surface area contributed by atoms with Gasteiger partial charge in [-0.3, -0.25) is 0 Å². The van der Waals surface area contributed by atoms with E-state index in [1.165, 1.54) is 5.19 Å². The summed E-state index contributed by atoms with van der Waals surface area (Å²) in [6, 6.07) is 8.23. The molecule has 1 aromatic rings. The van der Waals surface area contributed by atoms with E-state index in [4.69, 9.17) is 0 Å². The summed E-state index contributed by atoms with van der Waals surface area (Å²) in [6.45, 7) is 0. The van der Waals surface area contributed by atoms with E-state index >= 15 is 0 Å². The lowest BCUT2D eigenvalue weighted by Crippen LogP contribution is -1.98. The molecule has 0 heterocycles. The molecule has 0 N–H and O–H groups in total. The van der Waals surface area contributed by atoms with Crippen LogP contribution < -0.4 is 5.19 Å². The van der Waals surface area contributed by atoms with Crippen LogP contribution in [-0.4, -0.2) is 10.2 Å². The third-order valence-corrected chi connectivity index (χ3v) is 1.90. The summed E-state index contributed by atoms with van der Waals surface area (Å²) < 4.78 is 0. The van der Waals surface area contributed by atoms with Crippen molar-refractivity contribution in [3.05, 3.63) is 24.3 Å². The lowest BCUT2D eigenvalue weighted by atomic mass is 10.4. The van der Waals surface area contributed by atoms with Crippen LogP contribution in [0.2, 0.25) is 0 Å². The normalized spacial score (nSPS) is 9.62. The molecule has 0 aliphatic heterocycles. The third kappa shape index (κ3) is 1.38. The molecule has 1 rings (SSSR count). The van der Waals surface area contributed by atoms with Crippen LogP contribution in [-0.2, 0) is 0 Å². The van der Waals surface area contributed by atoms with Gasteiger partial charge in [-0.25, -0.2) is 0 Å². The van der Waals surface area contributed by atoms with Gasteiger partial charge < -0.3 is 0 Å². The van der Waals surface area contributed by atoms with E-state index in [2.05, 4.69) is 24.8 Å². The van der Waals surface area contributed by atoms with Gasteiger partial charge in [0.25, 0.3) is 0 Å². The first-order chi connectivity index (χ1) is 3.79. The first-order valence-corrected chi connectivity index (χ1v) is 3.99. The van der Waals surface area contributed by atoms with E-state index in [0.29, 0.717) is 0 Å². The number of hydrogen-bond donors (Lipinski definition) is 1. The average Bonchev–Trinajstić information content (AvgIpc) is 1.64. The van der Waals surface area contributed by atoms with Crippen molar-refractivity contribution >= 4 is 28.1 Å². The lowest BCUT2D eigenvalue weighted by Gasteiger charge is -1.90. The number of thiol groups is 1. The molecule has 0 saturated carbocycles. The van der Waals surface area contributed by atoms with Gasteiger partial charge in [-0.2, -0.15) is 0 Å². The fraction of sp³-hybridized carbons (Fsp3) is 0. The van der Waals surface area contributed by atoms with E-state index in [1.54, 1.807) is 0 Å². The highest BCUT2D eigenvalue weighted by Gasteiger charge is 1.81.